The van der Waals surface area contributed by atoms with Gasteiger partial charge in [0.25, 0.3) is 0 Å². The Labute approximate surface area is 188 Å². The Morgan fingerprint density at radius 1 is 0.774 bits per heavy atom. The van der Waals surface area contributed by atoms with Crippen molar-refractivity contribution in [3.8, 4) is 5.75 Å². The lowest BCUT2D eigenvalue weighted by atomic mass is 9.86. The molecule has 1 unspecified atom stereocenters. The molecule has 31 heavy (non-hydrogen) atoms. The van der Waals surface area contributed by atoms with Gasteiger partial charge in [-0.05, 0) is 64.8 Å². The predicted octanol–water partition coefficient (Wildman–Crippen LogP) is 7.21. The number of benzene rings is 3. The topological polar surface area (TPSA) is 12.5 Å². The van der Waals surface area contributed by atoms with Crippen molar-refractivity contribution in [1.82, 2.24) is 4.90 Å². The summed E-state index contributed by atoms with van der Waals surface area (Å²) in [7, 11) is 0. The summed E-state index contributed by atoms with van der Waals surface area (Å²) >= 11 is 0. The maximum atomic E-state index is 6.37. The first-order chi connectivity index (χ1) is 15.0. The van der Waals surface area contributed by atoms with Gasteiger partial charge in [0.15, 0.2) is 0 Å². The van der Waals surface area contributed by atoms with Crippen molar-refractivity contribution in [2.24, 2.45) is 0 Å². The van der Waals surface area contributed by atoms with E-state index in [2.05, 4.69) is 112 Å². The van der Waals surface area contributed by atoms with Crippen LogP contribution in [0.25, 0.3) is 0 Å². The third kappa shape index (κ3) is 6.45. The van der Waals surface area contributed by atoms with Crippen molar-refractivity contribution >= 4 is 0 Å². The van der Waals surface area contributed by atoms with Gasteiger partial charge in [0.1, 0.15) is 12.4 Å². The number of nitrogens with zero attached hydrogens (tertiary/aromatic N) is 1. The van der Waals surface area contributed by atoms with E-state index in [0.29, 0.717) is 24.6 Å². The van der Waals surface area contributed by atoms with Gasteiger partial charge in [0.2, 0.25) is 0 Å². The van der Waals surface area contributed by atoms with Crippen LogP contribution in [-0.4, -0.2) is 23.5 Å². The first-order valence-electron chi connectivity index (χ1n) is 11.5. The maximum absolute atomic E-state index is 6.37. The molecule has 2 heteroatoms. The highest BCUT2D eigenvalue weighted by atomic mass is 16.5. The molecule has 0 aliphatic heterocycles. The number of hydrogen-bond acceptors (Lipinski definition) is 2. The fourth-order valence-electron chi connectivity index (χ4n) is 4.38. The molecule has 0 N–H and O–H groups in total. The van der Waals surface area contributed by atoms with Crippen LogP contribution in [0.1, 0.15) is 62.3 Å². The van der Waals surface area contributed by atoms with Crippen LogP contribution in [0, 0.1) is 6.92 Å². The van der Waals surface area contributed by atoms with Gasteiger partial charge in [-0.2, -0.15) is 0 Å². The minimum Gasteiger partial charge on any atom is -0.489 e. The van der Waals surface area contributed by atoms with Crippen molar-refractivity contribution in [1.29, 1.82) is 0 Å². The summed E-state index contributed by atoms with van der Waals surface area (Å²) in [6, 6.07) is 29.0. The Kier molecular flexibility index (Phi) is 8.31. The number of aryl methyl sites for hydroxylation is 1. The molecule has 0 spiro atoms. The van der Waals surface area contributed by atoms with Crippen LogP contribution < -0.4 is 4.74 Å². The fourth-order valence-corrected chi connectivity index (χ4v) is 4.38. The monoisotopic (exact) mass is 415 g/mol. The van der Waals surface area contributed by atoms with Crippen LogP contribution in [0.4, 0.5) is 0 Å². The van der Waals surface area contributed by atoms with E-state index in [9.17, 15) is 0 Å². The zero-order valence-electron chi connectivity index (χ0n) is 19.7. The summed E-state index contributed by atoms with van der Waals surface area (Å²) in [6.45, 7) is 13.0. The third-order valence-electron chi connectivity index (χ3n) is 5.98. The molecule has 2 nitrogen and oxygen atoms in total. The van der Waals surface area contributed by atoms with Gasteiger partial charge in [-0.1, -0.05) is 78.4 Å². The summed E-state index contributed by atoms with van der Waals surface area (Å²) in [4.78, 5) is 2.58. The number of hydrogen-bond donors (Lipinski definition) is 0. The normalized spacial score (nSPS) is 12.5. The predicted molar refractivity (Wildman–Crippen MR) is 132 cm³/mol. The highest BCUT2D eigenvalue weighted by Crippen LogP contribution is 2.36. The molecule has 3 aromatic carbocycles. The van der Waals surface area contributed by atoms with Crippen LogP contribution in [0.2, 0.25) is 0 Å². The zero-order valence-corrected chi connectivity index (χ0v) is 19.7. The molecule has 164 valence electrons. The maximum Gasteiger partial charge on any atom is 0.123 e. The SMILES string of the molecule is Cc1ccc(OCc2ccccc2)c(C(CCN(C(C)C)C(C)C)c2ccccc2)c1. The van der Waals surface area contributed by atoms with E-state index in [1.54, 1.807) is 0 Å². The Morgan fingerprint density at radius 3 is 2.00 bits per heavy atom. The van der Waals surface area contributed by atoms with Crippen LogP contribution in [0.3, 0.4) is 0 Å². The molecule has 0 saturated heterocycles. The molecular weight excluding hydrogens is 378 g/mol. The molecule has 0 heterocycles. The molecule has 0 radical (unpaired) electrons. The van der Waals surface area contributed by atoms with Crippen LogP contribution in [0.5, 0.6) is 5.75 Å². The van der Waals surface area contributed by atoms with E-state index in [0.717, 1.165) is 18.7 Å². The second-order valence-corrected chi connectivity index (χ2v) is 8.99. The van der Waals surface area contributed by atoms with Gasteiger partial charge in [0, 0.05) is 23.6 Å². The smallest absolute Gasteiger partial charge is 0.123 e. The zero-order chi connectivity index (χ0) is 22.2. The fraction of sp³-hybridized carbons (Fsp3) is 0.379. The summed E-state index contributed by atoms with van der Waals surface area (Å²) in [6.07, 6.45) is 1.06. The molecule has 0 bridgehead atoms. The van der Waals surface area contributed by atoms with Gasteiger partial charge in [-0.15, -0.1) is 0 Å². The molecular formula is C29H37NO. The summed E-state index contributed by atoms with van der Waals surface area (Å²) in [5.41, 5.74) is 5.10. The first-order valence-corrected chi connectivity index (χ1v) is 11.5. The molecule has 3 aromatic rings. The van der Waals surface area contributed by atoms with E-state index >= 15 is 0 Å². The lowest BCUT2D eigenvalue weighted by molar-refractivity contribution is 0.170. The third-order valence-corrected chi connectivity index (χ3v) is 5.98. The standard InChI is InChI=1S/C29H37NO/c1-22(2)30(23(3)4)19-18-27(26-14-10-7-11-15-26)28-20-24(5)16-17-29(28)31-21-25-12-8-6-9-13-25/h6-17,20,22-23,27H,18-19,21H2,1-5H3. The van der Waals surface area contributed by atoms with Crippen molar-refractivity contribution in [2.75, 3.05) is 6.54 Å². The molecule has 0 aliphatic rings. The second kappa shape index (κ2) is 11.2. The minimum atomic E-state index is 0.298. The van der Waals surface area contributed by atoms with Crippen molar-refractivity contribution in [3.63, 3.8) is 0 Å². The molecule has 3 rings (SSSR count). The second-order valence-electron chi connectivity index (χ2n) is 8.99. The van der Waals surface area contributed by atoms with Crippen LogP contribution in [0.15, 0.2) is 78.9 Å². The van der Waals surface area contributed by atoms with Crippen molar-refractivity contribution < 1.29 is 4.74 Å². The van der Waals surface area contributed by atoms with Crippen molar-refractivity contribution in [2.45, 2.75) is 65.6 Å². The van der Waals surface area contributed by atoms with E-state index in [1.807, 2.05) is 6.07 Å². The largest absolute Gasteiger partial charge is 0.489 e. The molecule has 0 saturated carbocycles. The lowest BCUT2D eigenvalue weighted by Crippen LogP contribution is -2.38. The quantitative estimate of drug-likeness (QED) is 0.347. The summed E-state index contributed by atoms with van der Waals surface area (Å²) in [5, 5.41) is 0. The Balaban J connectivity index is 1.91. The van der Waals surface area contributed by atoms with E-state index < -0.39 is 0 Å². The highest BCUT2D eigenvalue weighted by Gasteiger charge is 2.22. The molecule has 0 amide bonds. The van der Waals surface area contributed by atoms with Crippen LogP contribution >= 0.6 is 0 Å². The van der Waals surface area contributed by atoms with E-state index in [4.69, 9.17) is 4.74 Å². The Morgan fingerprint density at radius 2 is 1.39 bits per heavy atom. The Hall–Kier alpha value is -2.58. The van der Waals surface area contributed by atoms with Crippen LogP contribution in [-0.2, 0) is 6.61 Å². The van der Waals surface area contributed by atoms with E-state index in [1.165, 1.54) is 22.3 Å². The average molecular weight is 416 g/mol. The Bertz CT molecular complexity index is 910. The van der Waals surface area contributed by atoms with Gasteiger partial charge in [-0.3, -0.25) is 4.90 Å². The highest BCUT2D eigenvalue weighted by molar-refractivity contribution is 5.44. The average Bonchev–Trinajstić information content (AvgIpc) is 2.76. The van der Waals surface area contributed by atoms with E-state index in [-0.39, 0.29) is 0 Å². The first kappa shape index (κ1) is 23.1. The summed E-state index contributed by atoms with van der Waals surface area (Å²) in [5.74, 6) is 1.29. The minimum absolute atomic E-state index is 0.298. The van der Waals surface area contributed by atoms with Gasteiger partial charge in [0.05, 0.1) is 0 Å². The van der Waals surface area contributed by atoms with Gasteiger partial charge in [-0.25, -0.2) is 0 Å². The molecule has 0 aromatic heterocycles. The number of ether oxygens (including phenoxy) is 1. The number of rotatable bonds is 10. The summed E-state index contributed by atoms with van der Waals surface area (Å²) < 4.78 is 6.37. The molecule has 0 aliphatic carbocycles. The molecule has 1 atom stereocenters. The molecule has 0 fully saturated rings. The van der Waals surface area contributed by atoms with Crippen molar-refractivity contribution in [3.05, 3.63) is 101 Å². The van der Waals surface area contributed by atoms with Gasteiger partial charge >= 0.3 is 0 Å². The van der Waals surface area contributed by atoms with Gasteiger partial charge < -0.3 is 4.74 Å². The lowest BCUT2D eigenvalue weighted by Gasteiger charge is -2.32.